The average Bonchev–Trinajstić information content (AvgIpc) is 2.15. The van der Waals surface area contributed by atoms with Gasteiger partial charge in [0.25, 0.3) is 0 Å². The zero-order chi connectivity index (χ0) is 9.83. The molecule has 78 valence electrons. The van der Waals surface area contributed by atoms with Gasteiger partial charge in [0.15, 0.2) is 0 Å². The van der Waals surface area contributed by atoms with Gasteiger partial charge in [-0.3, -0.25) is 0 Å². The SMILES string of the molecule is CCC(C)(CC)C(O)(CC)CC.[Ti]. The molecule has 0 atom stereocenters. The molecular weight excluding hydrogens is 196 g/mol. The van der Waals surface area contributed by atoms with Crippen LogP contribution in [-0.2, 0) is 21.7 Å². The smallest absolute Gasteiger partial charge is 0.0695 e. The van der Waals surface area contributed by atoms with Gasteiger partial charge in [0.1, 0.15) is 0 Å². The van der Waals surface area contributed by atoms with Crippen LogP contribution in [0.2, 0.25) is 0 Å². The van der Waals surface area contributed by atoms with Gasteiger partial charge in [0.05, 0.1) is 5.60 Å². The van der Waals surface area contributed by atoms with E-state index in [-0.39, 0.29) is 27.1 Å². The van der Waals surface area contributed by atoms with Crippen molar-refractivity contribution in [2.45, 2.75) is 65.9 Å². The second-order valence-corrected chi connectivity index (χ2v) is 4.01. The standard InChI is InChI=1S/C11H24O.Ti/c1-6-10(5,7-2)11(12,8-3)9-4;/h12H,6-9H2,1-5H3;. The van der Waals surface area contributed by atoms with Crippen molar-refractivity contribution < 1.29 is 26.8 Å². The summed E-state index contributed by atoms with van der Waals surface area (Å²) in [6.45, 7) is 10.7. The normalized spacial score (nSPS) is 12.5. The van der Waals surface area contributed by atoms with E-state index in [9.17, 15) is 5.11 Å². The van der Waals surface area contributed by atoms with Crippen LogP contribution in [0, 0.1) is 5.41 Å². The summed E-state index contributed by atoms with van der Waals surface area (Å²) in [6.07, 6.45) is 3.84. The van der Waals surface area contributed by atoms with Crippen LogP contribution in [0.3, 0.4) is 0 Å². The third-order valence-electron chi connectivity index (χ3n) is 3.85. The molecule has 2 heteroatoms. The molecule has 0 amide bonds. The fourth-order valence-corrected chi connectivity index (χ4v) is 2.01. The minimum absolute atomic E-state index is 0. The Hall–Kier alpha value is 0.674. The van der Waals surface area contributed by atoms with Crippen molar-refractivity contribution in [1.29, 1.82) is 0 Å². The molecule has 0 aliphatic carbocycles. The van der Waals surface area contributed by atoms with Crippen molar-refractivity contribution >= 4 is 0 Å². The van der Waals surface area contributed by atoms with Gasteiger partial charge in [0.2, 0.25) is 0 Å². The monoisotopic (exact) mass is 220 g/mol. The van der Waals surface area contributed by atoms with Gasteiger partial charge in [-0.15, -0.1) is 0 Å². The first-order chi connectivity index (χ1) is 5.49. The van der Waals surface area contributed by atoms with Crippen LogP contribution in [0.25, 0.3) is 0 Å². The number of aliphatic hydroxyl groups is 1. The predicted molar refractivity (Wildman–Crippen MR) is 54.2 cm³/mol. The van der Waals surface area contributed by atoms with Gasteiger partial charge in [-0.2, -0.15) is 0 Å². The van der Waals surface area contributed by atoms with Crippen molar-refractivity contribution in [2.75, 3.05) is 0 Å². The molecule has 1 nitrogen and oxygen atoms in total. The zero-order valence-corrected chi connectivity index (χ0v) is 11.3. The molecule has 13 heavy (non-hydrogen) atoms. The first kappa shape index (κ1) is 16.1. The van der Waals surface area contributed by atoms with Crippen molar-refractivity contribution in [2.24, 2.45) is 5.41 Å². The number of hydrogen-bond donors (Lipinski definition) is 1. The summed E-state index contributed by atoms with van der Waals surface area (Å²) in [5.41, 5.74) is -0.368. The van der Waals surface area contributed by atoms with E-state index < -0.39 is 5.60 Å². The maximum Gasteiger partial charge on any atom is 0.0695 e. The molecule has 0 aliphatic heterocycles. The molecule has 0 heterocycles. The minimum Gasteiger partial charge on any atom is -0.389 e. The summed E-state index contributed by atoms with van der Waals surface area (Å²) in [6, 6.07) is 0. The van der Waals surface area contributed by atoms with E-state index in [1.54, 1.807) is 0 Å². The van der Waals surface area contributed by atoms with Crippen molar-refractivity contribution in [3.8, 4) is 0 Å². The van der Waals surface area contributed by atoms with Crippen LogP contribution in [0.1, 0.15) is 60.3 Å². The molecule has 1 N–H and O–H groups in total. The van der Waals surface area contributed by atoms with Crippen LogP contribution in [0.5, 0.6) is 0 Å². The molecule has 0 spiro atoms. The van der Waals surface area contributed by atoms with Crippen LogP contribution in [0.4, 0.5) is 0 Å². The van der Waals surface area contributed by atoms with Gasteiger partial charge in [-0.05, 0) is 31.1 Å². The summed E-state index contributed by atoms with van der Waals surface area (Å²) >= 11 is 0. The predicted octanol–water partition coefficient (Wildman–Crippen LogP) is 3.36. The molecule has 0 bridgehead atoms. The molecule has 0 radical (unpaired) electrons. The molecular formula is C11H24OTi. The van der Waals surface area contributed by atoms with Gasteiger partial charge in [-0.25, -0.2) is 0 Å². The van der Waals surface area contributed by atoms with Crippen LogP contribution < -0.4 is 0 Å². The van der Waals surface area contributed by atoms with E-state index >= 15 is 0 Å². The molecule has 0 aromatic rings. The fourth-order valence-electron chi connectivity index (χ4n) is 2.01. The third kappa shape index (κ3) is 3.07. The van der Waals surface area contributed by atoms with Gasteiger partial charge < -0.3 is 5.11 Å². The Morgan fingerprint density at radius 3 is 1.23 bits per heavy atom. The molecule has 0 saturated carbocycles. The molecule has 0 aliphatic rings. The summed E-state index contributed by atoms with van der Waals surface area (Å²) in [5.74, 6) is 0. The Balaban J connectivity index is 0. The van der Waals surface area contributed by atoms with Crippen LogP contribution >= 0.6 is 0 Å². The summed E-state index contributed by atoms with van der Waals surface area (Å²) in [7, 11) is 0. The molecule has 0 fully saturated rings. The Morgan fingerprint density at radius 2 is 1.15 bits per heavy atom. The first-order valence-electron chi connectivity index (χ1n) is 5.22. The van der Waals surface area contributed by atoms with Gasteiger partial charge in [0, 0.05) is 21.7 Å². The maximum atomic E-state index is 10.3. The van der Waals surface area contributed by atoms with Gasteiger partial charge >= 0.3 is 0 Å². The minimum atomic E-state index is -0.462. The first-order valence-corrected chi connectivity index (χ1v) is 5.22. The Kier molecular flexibility index (Phi) is 7.70. The third-order valence-corrected chi connectivity index (χ3v) is 3.85. The number of rotatable bonds is 5. The van der Waals surface area contributed by atoms with E-state index in [0.717, 1.165) is 25.7 Å². The average molecular weight is 220 g/mol. The van der Waals surface area contributed by atoms with Crippen LogP contribution in [0.15, 0.2) is 0 Å². The summed E-state index contributed by atoms with van der Waals surface area (Å²) < 4.78 is 0. The van der Waals surface area contributed by atoms with Crippen molar-refractivity contribution in [3.63, 3.8) is 0 Å². The molecule has 0 aromatic heterocycles. The largest absolute Gasteiger partial charge is 0.389 e. The Labute approximate surface area is 98.2 Å². The fraction of sp³-hybridized carbons (Fsp3) is 1.00. The second-order valence-electron chi connectivity index (χ2n) is 4.01. The van der Waals surface area contributed by atoms with E-state index in [1.807, 2.05) is 0 Å². The molecule has 0 rings (SSSR count). The quantitative estimate of drug-likeness (QED) is 0.704. The second kappa shape index (κ2) is 6.21. The van der Waals surface area contributed by atoms with E-state index in [4.69, 9.17) is 0 Å². The van der Waals surface area contributed by atoms with E-state index in [2.05, 4.69) is 34.6 Å². The maximum absolute atomic E-state index is 10.3. The Bertz CT molecular complexity index is 110. The van der Waals surface area contributed by atoms with Crippen molar-refractivity contribution in [3.05, 3.63) is 0 Å². The van der Waals surface area contributed by atoms with Crippen molar-refractivity contribution in [1.82, 2.24) is 0 Å². The van der Waals surface area contributed by atoms with Gasteiger partial charge in [-0.1, -0.05) is 34.6 Å². The number of hydrogen-bond acceptors (Lipinski definition) is 1. The Morgan fingerprint density at radius 1 is 0.846 bits per heavy atom. The van der Waals surface area contributed by atoms with Crippen LogP contribution in [-0.4, -0.2) is 10.7 Å². The summed E-state index contributed by atoms with van der Waals surface area (Å²) in [5, 5.41) is 10.3. The van der Waals surface area contributed by atoms with E-state index in [0.29, 0.717) is 0 Å². The molecule has 0 unspecified atom stereocenters. The topological polar surface area (TPSA) is 20.2 Å². The zero-order valence-electron chi connectivity index (χ0n) is 9.78. The molecule has 0 saturated heterocycles. The van der Waals surface area contributed by atoms with E-state index in [1.165, 1.54) is 0 Å². The molecule has 0 aromatic carbocycles. The summed E-state index contributed by atoms with van der Waals surface area (Å²) in [4.78, 5) is 0.